The summed E-state index contributed by atoms with van der Waals surface area (Å²) in [4.78, 5) is 0. The first kappa shape index (κ1) is 22.2. The smallest absolute Gasteiger partial charge is 0.0656 e. The molecule has 0 saturated heterocycles. The van der Waals surface area contributed by atoms with E-state index >= 15 is 0 Å². The van der Waals surface area contributed by atoms with Crippen LogP contribution in [-0.4, -0.2) is 34.5 Å². The highest BCUT2D eigenvalue weighted by molar-refractivity contribution is 7.30. The Labute approximate surface area is 183 Å². The van der Waals surface area contributed by atoms with Gasteiger partial charge in [-0.3, -0.25) is 0 Å². The van der Waals surface area contributed by atoms with Crippen LogP contribution in [0.3, 0.4) is 0 Å². The van der Waals surface area contributed by atoms with Crippen molar-refractivity contribution in [1.82, 2.24) is 0 Å². The molecule has 149 valence electrons. The average Bonchev–Trinajstić information content (AvgIpc) is 2.74. The van der Waals surface area contributed by atoms with Gasteiger partial charge in [0.05, 0.1) is 24.2 Å². The molecular weight excluding hydrogens is 413 g/mol. The minimum Gasteiger partial charge on any atom is -0.0656 e. The molecule has 0 amide bonds. The van der Waals surface area contributed by atoms with Gasteiger partial charge in [-0.05, 0) is 3.91 Å². The Balaban J connectivity index is 2.33. The van der Waals surface area contributed by atoms with Crippen LogP contribution < -0.4 is 15.6 Å². The summed E-state index contributed by atoms with van der Waals surface area (Å²) in [5.74, 6) is 0. The van der Waals surface area contributed by atoms with E-state index in [0.717, 1.165) is 0 Å². The molecular formula is C25H33Si4. The number of hydrogen-bond donors (Lipinski definition) is 0. The van der Waals surface area contributed by atoms with E-state index in [0.29, 0.717) is 0 Å². The Hall–Kier alpha value is -1.47. The van der Waals surface area contributed by atoms with E-state index < -0.39 is 24.2 Å². The van der Waals surface area contributed by atoms with Gasteiger partial charge in [-0.15, -0.1) is 0 Å². The first-order valence-electron chi connectivity index (χ1n) is 10.5. The molecule has 0 saturated carbocycles. The summed E-state index contributed by atoms with van der Waals surface area (Å²) in [6.07, 6.45) is 0. The van der Waals surface area contributed by atoms with Crippen molar-refractivity contribution in [3.63, 3.8) is 0 Å². The second-order valence-electron chi connectivity index (χ2n) is 9.72. The van der Waals surface area contributed by atoms with E-state index in [1.807, 2.05) is 0 Å². The molecule has 0 aliphatic heterocycles. The van der Waals surface area contributed by atoms with Crippen molar-refractivity contribution in [2.45, 2.75) is 43.2 Å². The zero-order chi connectivity index (χ0) is 21.3. The lowest BCUT2D eigenvalue weighted by Crippen LogP contribution is -2.78. The third-order valence-electron chi connectivity index (χ3n) is 7.30. The highest BCUT2D eigenvalue weighted by Gasteiger charge is 2.63. The molecule has 0 aromatic heterocycles. The summed E-state index contributed by atoms with van der Waals surface area (Å²) in [5, 5.41) is 4.63. The fourth-order valence-electron chi connectivity index (χ4n) is 5.56. The molecule has 0 nitrogen and oxygen atoms in total. The molecule has 4 heteroatoms. The Morgan fingerprint density at radius 2 is 0.655 bits per heavy atom. The second kappa shape index (κ2) is 7.99. The zero-order valence-corrected chi connectivity index (χ0v) is 22.7. The maximum atomic E-state index is 4.72. The van der Waals surface area contributed by atoms with Crippen LogP contribution in [0.4, 0.5) is 0 Å². The average molecular weight is 446 g/mol. The Morgan fingerprint density at radius 3 is 0.862 bits per heavy atom. The predicted molar refractivity (Wildman–Crippen MR) is 139 cm³/mol. The minimum absolute atomic E-state index is 0.122. The van der Waals surface area contributed by atoms with Gasteiger partial charge >= 0.3 is 0 Å². The van der Waals surface area contributed by atoms with Crippen LogP contribution >= 0.6 is 0 Å². The van der Waals surface area contributed by atoms with Crippen molar-refractivity contribution in [1.29, 1.82) is 0 Å². The van der Waals surface area contributed by atoms with Crippen molar-refractivity contribution in [2.75, 3.05) is 0 Å². The largest absolute Gasteiger partial charge is 0.0790 e. The zero-order valence-electron chi connectivity index (χ0n) is 18.7. The highest BCUT2D eigenvalue weighted by Crippen LogP contribution is 2.50. The van der Waals surface area contributed by atoms with Crippen LogP contribution in [-0.2, 0) is 0 Å². The van der Waals surface area contributed by atoms with Crippen molar-refractivity contribution in [3.8, 4) is 0 Å². The molecule has 0 aliphatic carbocycles. The summed E-state index contributed by atoms with van der Waals surface area (Å²) in [7, 11) is -1.08. The van der Waals surface area contributed by atoms with E-state index in [-0.39, 0.29) is 3.91 Å². The fourth-order valence-corrected chi connectivity index (χ4v) is 32.6. The predicted octanol–water partition coefficient (Wildman–Crippen LogP) is 4.78. The van der Waals surface area contributed by atoms with Gasteiger partial charge in [0.25, 0.3) is 0 Å². The molecule has 3 rings (SSSR count). The van der Waals surface area contributed by atoms with Gasteiger partial charge in [0.1, 0.15) is 0 Å². The van der Waals surface area contributed by atoms with Gasteiger partial charge in [-0.25, -0.2) is 0 Å². The van der Waals surface area contributed by atoms with Crippen LogP contribution in [0.25, 0.3) is 0 Å². The first-order chi connectivity index (χ1) is 13.6. The molecule has 3 aromatic rings. The monoisotopic (exact) mass is 445 g/mol. The number of rotatable bonds is 6. The Morgan fingerprint density at radius 1 is 0.448 bits per heavy atom. The van der Waals surface area contributed by atoms with Crippen LogP contribution in [0.1, 0.15) is 0 Å². The Bertz CT molecular complexity index is 807. The molecule has 3 radical (unpaired) electrons. The summed E-state index contributed by atoms with van der Waals surface area (Å²) >= 11 is 0. The minimum atomic E-state index is -1.93. The van der Waals surface area contributed by atoms with Crippen molar-refractivity contribution >= 4 is 50.0 Å². The van der Waals surface area contributed by atoms with Gasteiger partial charge in [0, 0.05) is 10.2 Å². The lowest BCUT2D eigenvalue weighted by atomic mass is 10.4. The fraction of sp³-hybridized carbons (Fsp3) is 0.280. The summed E-state index contributed by atoms with van der Waals surface area (Å²) in [6.45, 7) is 15.5. The first-order valence-corrected chi connectivity index (χ1v) is 20.0. The van der Waals surface area contributed by atoms with Gasteiger partial charge in [0.2, 0.25) is 0 Å². The molecule has 0 N–H and O–H groups in total. The van der Waals surface area contributed by atoms with Gasteiger partial charge in [-0.2, -0.15) is 0 Å². The van der Waals surface area contributed by atoms with Crippen molar-refractivity contribution in [3.05, 3.63) is 91.0 Å². The van der Waals surface area contributed by atoms with Crippen LogP contribution in [0, 0.1) is 0 Å². The van der Waals surface area contributed by atoms with Crippen LogP contribution in [0.5, 0.6) is 0 Å². The third-order valence-corrected chi connectivity index (χ3v) is 35.1. The van der Waals surface area contributed by atoms with E-state index in [1.165, 1.54) is 0 Å². The van der Waals surface area contributed by atoms with Gasteiger partial charge in [0.15, 0.2) is 0 Å². The van der Waals surface area contributed by atoms with Crippen LogP contribution in [0.2, 0.25) is 43.2 Å². The molecule has 0 bridgehead atoms. The number of hydrogen-bond acceptors (Lipinski definition) is 0. The molecule has 3 aromatic carbocycles. The van der Waals surface area contributed by atoms with E-state index in [1.54, 1.807) is 15.6 Å². The quantitative estimate of drug-likeness (QED) is 0.479. The second-order valence-corrected chi connectivity index (χ2v) is 27.2. The summed E-state index contributed by atoms with van der Waals surface area (Å²) < 4.78 is 0.122. The summed E-state index contributed by atoms with van der Waals surface area (Å²) in [6, 6.07) is 33.9. The molecule has 0 spiro atoms. The SMILES string of the molecule is C[Si](C)(c1ccccc1)C([Si])([Si](C)(C)c1ccccc1)[Si](C)(C)c1ccccc1. The van der Waals surface area contributed by atoms with Crippen LogP contribution in [0.15, 0.2) is 91.0 Å². The maximum absolute atomic E-state index is 4.72. The van der Waals surface area contributed by atoms with E-state index in [9.17, 15) is 0 Å². The van der Waals surface area contributed by atoms with E-state index in [2.05, 4.69) is 130 Å². The molecule has 0 heterocycles. The Kier molecular flexibility index (Phi) is 6.12. The third kappa shape index (κ3) is 3.50. The van der Waals surface area contributed by atoms with Gasteiger partial charge in [-0.1, -0.05) is 146 Å². The number of benzene rings is 3. The topological polar surface area (TPSA) is 0 Å². The highest BCUT2D eigenvalue weighted by atomic mass is 28.5. The van der Waals surface area contributed by atoms with E-state index in [4.69, 9.17) is 10.2 Å². The normalized spacial score (nSPS) is 13.3. The molecule has 0 aliphatic rings. The molecule has 0 fully saturated rings. The van der Waals surface area contributed by atoms with Gasteiger partial charge < -0.3 is 0 Å². The molecule has 0 unspecified atom stereocenters. The maximum Gasteiger partial charge on any atom is 0.0790 e. The van der Waals surface area contributed by atoms with Crippen molar-refractivity contribution in [2.24, 2.45) is 0 Å². The lowest BCUT2D eigenvalue weighted by Gasteiger charge is -2.60. The standard InChI is InChI=1S/C25H33Si4/c1-27(2,22-16-10-7-11-17-22)25(26,28(3,4)23-18-12-8-13-19-23)29(5,6)24-20-14-9-15-21-24/h7-21H,1-6H3. The summed E-state index contributed by atoms with van der Waals surface area (Å²) in [5.41, 5.74) is 0. The lowest BCUT2D eigenvalue weighted by molar-refractivity contribution is 1.29. The van der Waals surface area contributed by atoms with Crippen molar-refractivity contribution < 1.29 is 0 Å². The molecule has 0 atom stereocenters. The molecule has 29 heavy (non-hydrogen) atoms.